The molecule has 6 heteroatoms. The van der Waals surface area contributed by atoms with E-state index in [2.05, 4.69) is 23.2 Å². The predicted octanol–water partition coefficient (Wildman–Crippen LogP) is 5.03. The van der Waals surface area contributed by atoms with Gasteiger partial charge >= 0.3 is 5.97 Å². The van der Waals surface area contributed by atoms with Gasteiger partial charge < -0.3 is 19.3 Å². The Morgan fingerprint density at radius 2 is 1.81 bits per heavy atom. The molecule has 174 valence electrons. The molecule has 0 saturated carbocycles. The quantitative estimate of drug-likeness (QED) is 0.526. The molecule has 1 N–H and O–H groups in total. The lowest BCUT2D eigenvalue weighted by Crippen LogP contribution is -2.38. The van der Waals surface area contributed by atoms with Gasteiger partial charge in [0.1, 0.15) is 5.78 Å². The third-order valence-electron chi connectivity index (χ3n) is 6.29. The van der Waals surface area contributed by atoms with Crippen LogP contribution in [-0.2, 0) is 25.5 Å². The van der Waals surface area contributed by atoms with Gasteiger partial charge in [-0.1, -0.05) is 18.2 Å². The van der Waals surface area contributed by atoms with Crippen molar-refractivity contribution in [1.82, 2.24) is 4.98 Å². The Labute approximate surface area is 190 Å². The van der Waals surface area contributed by atoms with Crippen molar-refractivity contribution in [2.24, 2.45) is 10.4 Å². The summed E-state index contributed by atoms with van der Waals surface area (Å²) in [4.78, 5) is 32.7. The second-order valence-corrected chi connectivity index (χ2v) is 9.77. The number of aliphatic imine (C=N–C) groups is 1. The number of rotatable bonds is 10. The lowest BCUT2D eigenvalue weighted by Gasteiger charge is -2.37. The van der Waals surface area contributed by atoms with Crippen LogP contribution < -0.4 is 0 Å². The molecule has 0 fully saturated rings. The van der Waals surface area contributed by atoms with E-state index in [9.17, 15) is 9.59 Å². The third kappa shape index (κ3) is 5.66. The largest absolute Gasteiger partial charge is 0.469 e. The summed E-state index contributed by atoms with van der Waals surface area (Å²) >= 11 is 0. The molecule has 1 aliphatic heterocycles. The number of hydrogen-bond donors (Lipinski definition) is 1. The van der Waals surface area contributed by atoms with Gasteiger partial charge in [-0.25, -0.2) is 0 Å². The number of fused-ring (bicyclic) bond motifs is 3. The van der Waals surface area contributed by atoms with Gasteiger partial charge in [-0.3, -0.25) is 9.79 Å². The van der Waals surface area contributed by atoms with Crippen molar-refractivity contribution in [1.29, 1.82) is 0 Å². The van der Waals surface area contributed by atoms with E-state index in [0.717, 1.165) is 23.3 Å². The summed E-state index contributed by atoms with van der Waals surface area (Å²) in [5.74, 6) is -0.111. The molecule has 0 amide bonds. The summed E-state index contributed by atoms with van der Waals surface area (Å²) in [5, 5.41) is 1.22. The van der Waals surface area contributed by atoms with E-state index in [1.165, 1.54) is 18.1 Å². The molecule has 0 aliphatic carbocycles. The summed E-state index contributed by atoms with van der Waals surface area (Å²) in [5.41, 5.74) is 3.65. The Hall–Kier alpha value is -2.47. The molecule has 3 rings (SSSR count). The molecule has 1 unspecified atom stereocenters. The number of nitrogens with zero attached hydrogens (tertiary/aromatic N) is 1. The van der Waals surface area contributed by atoms with Crippen LogP contribution >= 0.6 is 0 Å². The minimum atomic E-state index is -0.457. The number of nitrogens with one attached hydrogen (secondary N) is 1. The number of Topliss-reactive ketones (excluding diaryl/α,β-unsaturated/α-hetero) is 1. The Morgan fingerprint density at radius 1 is 1.09 bits per heavy atom. The fourth-order valence-corrected chi connectivity index (χ4v) is 4.59. The Bertz CT molecular complexity index is 999. The number of aromatic amines is 1. The molecule has 0 saturated heterocycles. The topological polar surface area (TPSA) is 80.8 Å². The average molecular weight is 441 g/mol. The smallest absolute Gasteiger partial charge is 0.305 e. The number of ketones is 1. The number of ether oxygens (including phenoxy) is 2. The molecule has 1 atom stereocenters. The van der Waals surface area contributed by atoms with Crippen LogP contribution in [0.25, 0.3) is 10.9 Å². The number of carbonyl (C=O) groups is 2. The van der Waals surface area contributed by atoms with Crippen LogP contribution in [0.2, 0.25) is 0 Å². The second-order valence-electron chi connectivity index (χ2n) is 9.77. The first-order valence-corrected chi connectivity index (χ1v) is 11.5. The van der Waals surface area contributed by atoms with Crippen LogP contribution in [0.1, 0.15) is 71.1 Å². The summed E-state index contributed by atoms with van der Waals surface area (Å²) in [6, 6.07) is 8.31. The second kappa shape index (κ2) is 9.99. The highest BCUT2D eigenvalue weighted by molar-refractivity contribution is 6.09. The first-order valence-electron chi connectivity index (χ1n) is 11.5. The molecule has 0 radical (unpaired) electrons. The number of esters is 1. The summed E-state index contributed by atoms with van der Waals surface area (Å²) in [6.45, 7) is 8.95. The van der Waals surface area contributed by atoms with Gasteiger partial charge in [0, 0.05) is 42.3 Å². The summed E-state index contributed by atoms with van der Waals surface area (Å²) in [6.07, 6.45) is 3.46. The average Bonchev–Trinajstić information content (AvgIpc) is 3.13. The number of hydrogen-bond acceptors (Lipinski definition) is 5. The van der Waals surface area contributed by atoms with E-state index in [-0.39, 0.29) is 23.8 Å². The fraction of sp³-hybridized carbons (Fsp3) is 0.577. The van der Waals surface area contributed by atoms with Crippen molar-refractivity contribution in [2.75, 3.05) is 20.3 Å². The van der Waals surface area contributed by atoms with Crippen molar-refractivity contribution in [3.05, 3.63) is 35.5 Å². The molecule has 6 nitrogen and oxygen atoms in total. The standard InChI is InChI=1S/C26H36N2O4/c1-18(29)10-13-26(14-11-22(30)31-5,15-17-32-25(2,3)4)24-23-20(12-16-27-24)19-8-6-7-9-21(19)28-23/h6-9,28H,10-17H2,1-5H3. The monoisotopic (exact) mass is 440 g/mol. The van der Waals surface area contributed by atoms with Gasteiger partial charge in [0.25, 0.3) is 0 Å². The predicted molar refractivity (Wildman–Crippen MR) is 127 cm³/mol. The lowest BCUT2D eigenvalue weighted by atomic mass is 9.70. The number of methoxy groups -OCH3 is 1. The maximum atomic E-state index is 12.1. The number of H-pyrrole nitrogens is 1. The molecule has 1 aliphatic rings. The van der Waals surface area contributed by atoms with Crippen LogP contribution in [0.15, 0.2) is 29.3 Å². The van der Waals surface area contributed by atoms with Crippen molar-refractivity contribution in [3.63, 3.8) is 0 Å². The highest BCUT2D eigenvalue weighted by atomic mass is 16.5. The van der Waals surface area contributed by atoms with E-state index in [4.69, 9.17) is 14.5 Å². The van der Waals surface area contributed by atoms with E-state index in [1.807, 2.05) is 26.8 Å². The number of para-hydroxylation sites is 1. The van der Waals surface area contributed by atoms with Crippen molar-refractivity contribution in [3.8, 4) is 0 Å². The number of aromatic nitrogens is 1. The van der Waals surface area contributed by atoms with E-state index in [0.29, 0.717) is 38.8 Å². The van der Waals surface area contributed by atoms with Crippen LogP contribution in [-0.4, -0.2) is 48.3 Å². The van der Waals surface area contributed by atoms with Crippen LogP contribution in [0.4, 0.5) is 0 Å². The molecular formula is C26H36N2O4. The highest BCUT2D eigenvalue weighted by Gasteiger charge is 2.40. The van der Waals surface area contributed by atoms with Gasteiger partial charge in [0.05, 0.1) is 24.1 Å². The SMILES string of the molecule is COC(=O)CCC(CCOC(C)(C)C)(CCC(C)=O)C1=NCCc2c1[nH]c1ccccc21. The number of benzene rings is 1. The zero-order chi connectivity index (χ0) is 23.4. The molecule has 0 spiro atoms. The zero-order valence-electron chi connectivity index (χ0n) is 20.0. The molecule has 0 bridgehead atoms. The molecule has 1 aromatic carbocycles. The van der Waals surface area contributed by atoms with Gasteiger partial charge in [-0.05, 0) is 65.0 Å². The van der Waals surface area contributed by atoms with Gasteiger partial charge in [-0.2, -0.15) is 0 Å². The Morgan fingerprint density at radius 3 is 2.50 bits per heavy atom. The normalized spacial score (nSPS) is 15.7. The van der Waals surface area contributed by atoms with Crippen molar-refractivity contribution >= 4 is 28.4 Å². The first-order chi connectivity index (χ1) is 15.1. The van der Waals surface area contributed by atoms with Crippen molar-refractivity contribution in [2.45, 2.75) is 71.8 Å². The lowest BCUT2D eigenvalue weighted by molar-refractivity contribution is -0.141. The fourth-order valence-electron chi connectivity index (χ4n) is 4.59. The van der Waals surface area contributed by atoms with Crippen LogP contribution in [0.5, 0.6) is 0 Å². The maximum Gasteiger partial charge on any atom is 0.305 e. The summed E-state index contributed by atoms with van der Waals surface area (Å²) < 4.78 is 11.0. The van der Waals surface area contributed by atoms with Crippen LogP contribution in [0, 0.1) is 5.41 Å². The summed E-state index contributed by atoms with van der Waals surface area (Å²) in [7, 11) is 1.41. The molecular weight excluding hydrogens is 404 g/mol. The van der Waals surface area contributed by atoms with Gasteiger partial charge in [0.2, 0.25) is 0 Å². The van der Waals surface area contributed by atoms with E-state index < -0.39 is 5.41 Å². The Balaban J connectivity index is 2.05. The number of carbonyl (C=O) groups excluding carboxylic acids is 2. The van der Waals surface area contributed by atoms with Gasteiger partial charge in [0.15, 0.2) is 0 Å². The first kappa shape index (κ1) is 24.2. The van der Waals surface area contributed by atoms with E-state index >= 15 is 0 Å². The molecule has 32 heavy (non-hydrogen) atoms. The molecule has 2 heterocycles. The van der Waals surface area contributed by atoms with Crippen molar-refractivity contribution < 1.29 is 19.1 Å². The van der Waals surface area contributed by atoms with Gasteiger partial charge in [-0.15, -0.1) is 0 Å². The zero-order valence-corrected chi connectivity index (χ0v) is 20.0. The minimum absolute atomic E-state index is 0.137. The third-order valence-corrected chi connectivity index (χ3v) is 6.29. The van der Waals surface area contributed by atoms with Crippen LogP contribution in [0.3, 0.4) is 0 Å². The molecule has 2 aromatic rings. The molecule has 1 aromatic heterocycles. The maximum absolute atomic E-state index is 12.1. The minimum Gasteiger partial charge on any atom is -0.469 e. The Kier molecular flexibility index (Phi) is 7.55. The van der Waals surface area contributed by atoms with E-state index in [1.54, 1.807) is 6.92 Å². The highest BCUT2D eigenvalue weighted by Crippen LogP contribution is 2.42.